The molecule has 24 heavy (non-hydrogen) atoms. The second kappa shape index (κ2) is 7.36. The first-order valence-corrected chi connectivity index (χ1v) is 7.33. The highest BCUT2D eigenvalue weighted by Gasteiger charge is 2.11. The number of carbonyl (C=O) groups is 2. The maximum Gasteiger partial charge on any atom is 0.269 e. The minimum absolute atomic E-state index is 0.0788. The fraction of sp³-hybridized carbons (Fsp3) is 0.176. The van der Waals surface area contributed by atoms with Gasteiger partial charge in [0.2, 0.25) is 5.91 Å². The van der Waals surface area contributed by atoms with E-state index in [2.05, 4.69) is 10.6 Å². The molecule has 0 fully saturated rings. The lowest BCUT2D eigenvalue weighted by atomic mass is 10.2. The summed E-state index contributed by atoms with van der Waals surface area (Å²) < 4.78 is 0. The molecule has 0 saturated heterocycles. The summed E-state index contributed by atoms with van der Waals surface area (Å²) in [4.78, 5) is 34.0. The third-order valence-electron chi connectivity index (χ3n) is 3.25. The molecule has 0 saturated carbocycles. The molecule has 0 aromatic heterocycles. The van der Waals surface area contributed by atoms with Crippen LogP contribution in [0.1, 0.15) is 24.2 Å². The van der Waals surface area contributed by atoms with Crippen LogP contribution in [0, 0.1) is 16.0 Å². The molecule has 0 aliphatic heterocycles. The van der Waals surface area contributed by atoms with Gasteiger partial charge in [-0.2, -0.15) is 0 Å². The second-order valence-electron chi connectivity index (χ2n) is 5.48. The number of nitrogens with one attached hydrogen (secondary N) is 2. The quantitative estimate of drug-likeness (QED) is 0.648. The number of hydrogen-bond donors (Lipinski definition) is 2. The summed E-state index contributed by atoms with van der Waals surface area (Å²) in [7, 11) is 0. The van der Waals surface area contributed by atoms with Crippen LogP contribution in [0.4, 0.5) is 17.1 Å². The molecule has 2 N–H and O–H groups in total. The van der Waals surface area contributed by atoms with Crippen LogP contribution in [0.3, 0.4) is 0 Å². The Bertz CT molecular complexity index is 770. The Morgan fingerprint density at radius 2 is 1.58 bits per heavy atom. The number of benzene rings is 2. The predicted octanol–water partition coefficient (Wildman–Crippen LogP) is 3.44. The van der Waals surface area contributed by atoms with E-state index in [1.165, 1.54) is 24.3 Å². The van der Waals surface area contributed by atoms with Crippen LogP contribution in [-0.4, -0.2) is 16.7 Å². The van der Waals surface area contributed by atoms with E-state index in [0.717, 1.165) is 0 Å². The molecule has 2 aromatic rings. The number of nitro benzene ring substituents is 1. The Morgan fingerprint density at radius 1 is 1.00 bits per heavy atom. The smallest absolute Gasteiger partial charge is 0.269 e. The highest BCUT2D eigenvalue weighted by atomic mass is 16.6. The number of nitro groups is 1. The number of carbonyl (C=O) groups excluding carboxylic acids is 2. The van der Waals surface area contributed by atoms with Crippen LogP contribution in [0.25, 0.3) is 0 Å². The van der Waals surface area contributed by atoms with Crippen LogP contribution in [0.2, 0.25) is 0 Å². The van der Waals surface area contributed by atoms with E-state index in [-0.39, 0.29) is 17.5 Å². The zero-order valence-corrected chi connectivity index (χ0v) is 13.3. The van der Waals surface area contributed by atoms with E-state index in [1.54, 1.807) is 38.1 Å². The zero-order chi connectivity index (χ0) is 17.7. The van der Waals surface area contributed by atoms with Gasteiger partial charge < -0.3 is 10.6 Å². The van der Waals surface area contributed by atoms with Crippen LogP contribution in [0.5, 0.6) is 0 Å². The molecule has 2 amide bonds. The maximum absolute atomic E-state index is 12.2. The monoisotopic (exact) mass is 327 g/mol. The molecule has 0 aliphatic rings. The average Bonchev–Trinajstić information content (AvgIpc) is 2.55. The van der Waals surface area contributed by atoms with Crippen molar-refractivity contribution in [3.8, 4) is 0 Å². The lowest BCUT2D eigenvalue weighted by Gasteiger charge is -2.10. The average molecular weight is 327 g/mol. The van der Waals surface area contributed by atoms with Crippen LogP contribution in [0.15, 0.2) is 48.5 Å². The van der Waals surface area contributed by atoms with Gasteiger partial charge in [-0.3, -0.25) is 19.7 Å². The van der Waals surface area contributed by atoms with Gasteiger partial charge in [-0.15, -0.1) is 0 Å². The third kappa shape index (κ3) is 4.39. The lowest BCUT2D eigenvalue weighted by molar-refractivity contribution is -0.384. The third-order valence-corrected chi connectivity index (χ3v) is 3.25. The molecule has 2 aromatic carbocycles. The lowest BCUT2D eigenvalue weighted by Crippen LogP contribution is -2.18. The number of anilines is 2. The van der Waals surface area contributed by atoms with Crippen LogP contribution in [-0.2, 0) is 4.79 Å². The Morgan fingerprint density at radius 3 is 2.12 bits per heavy atom. The van der Waals surface area contributed by atoms with Gasteiger partial charge in [0.15, 0.2) is 0 Å². The van der Waals surface area contributed by atoms with Crippen LogP contribution >= 0.6 is 0 Å². The molecule has 0 heterocycles. The van der Waals surface area contributed by atoms with Crippen molar-refractivity contribution in [1.82, 2.24) is 0 Å². The minimum atomic E-state index is -0.525. The molecule has 0 aliphatic carbocycles. The predicted molar refractivity (Wildman–Crippen MR) is 91.0 cm³/mol. The number of non-ortho nitro benzene ring substituents is 1. The molecule has 0 atom stereocenters. The first-order chi connectivity index (χ1) is 11.4. The summed E-state index contributed by atoms with van der Waals surface area (Å²) in [6.45, 7) is 3.57. The van der Waals surface area contributed by atoms with Gasteiger partial charge in [-0.1, -0.05) is 19.9 Å². The number of hydrogen-bond acceptors (Lipinski definition) is 4. The largest absolute Gasteiger partial charge is 0.326 e. The standard InChI is InChI=1S/C17H17N3O4/c1-11(2)16(21)18-13-4-3-5-14(10-13)19-17(22)12-6-8-15(9-7-12)20(23)24/h3-11H,1-2H3,(H,18,21)(H,19,22). The van der Waals surface area contributed by atoms with Crippen molar-refractivity contribution in [2.45, 2.75) is 13.8 Å². The molecule has 0 unspecified atom stereocenters. The highest BCUT2D eigenvalue weighted by molar-refractivity contribution is 6.04. The molecular formula is C17H17N3O4. The summed E-state index contributed by atoms with van der Waals surface area (Å²) in [5, 5.41) is 16.1. The van der Waals surface area contributed by atoms with Gasteiger partial charge in [-0.05, 0) is 30.3 Å². The summed E-state index contributed by atoms with van der Waals surface area (Å²) >= 11 is 0. The van der Waals surface area contributed by atoms with Crippen molar-refractivity contribution in [2.75, 3.05) is 10.6 Å². The number of nitrogens with zero attached hydrogens (tertiary/aromatic N) is 1. The van der Waals surface area contributed by atoms with E-state index < -0.39 is 10.8 Å². The van der Waals surface area contributed by atoms with Gasteiger partial charge in [0.05, 0.1) is 4.92 Å². The molecule has 7 heteroatoms. The van der Waals surface area contributed by atoms with Gasteiger partial charge >= 0.3 is 0 Å². The zero-order valence-electron chi connectivity index (χ0n) is 13.3. The Hall–Kier alpha value is -3.22. The molecule has 0 radical (unpaired) electrons. The molecule has 124 valence electrons. The molecule has 0 bridgehead atoms. The Labute approximate surface area is 138 Å². The summed E-state index contributed by atoms with van der Waals surface area (Å²) in [5.74, 6) is -0.658. The Balaban J connectivity index is 2.08. The van der Waals surface area contributed by atoms with E-state index >= 15 is 0 Å². The van der Waals surface area contributed by atoms with Crippen LogP contribution < -0.4 is 10.6 Å². The summed E-state index contributed by atoms with van der Waals surface area (Å²) in [6, 6.07) is 12.1. The van der Waals surface area contributed by atoms with Crippen molar-refractivity contribution >= 4 is 28.9 Å². The highest BCUT2D eigenvalue weighted by Crippen LogP contribution is 2.18. The Kier molecular flexibility index (Phi) is 5.26. The maximum atomic E-state index is 12.2. The van der Waals surface area contributed by atoms with E-state index in [1.807, 2.05) is 0 Å². The molecular weight excluding hydrogens is 310 g/mol. The number of amides is 2. The second-order valence-corrected chi connectivity index (χ2v) is 5.48. The van der Waals surface area contributed by atoms with E-state index in [0.29, 0.717) is 16.9 Å². The van der Waals surface area contributed by atoms with Gasteiger partial charge in [0.1, 0.15) is 0 Å². The normalized spacial score (nSPS) is 10.3. The summed E-state index contributed by atoms with van der Waals surface area (Å²) in [5.41, 5.74) is 1.32. The van der Waals surface area contributed by atoms with Gasteiger partial charge in [0, 0.05) is 35.0 Å². The first kappa shape index (κ1) is 17.1. The topological polar surface area (TPSA) is 101 Å². The molecule has 0 spiro atoms. The van der Waals surface area contributed by atoms with Crippen molar-refractivity contribution in [3.63, 3.8) is 0 Å². The first-order valence-electron chi connectivity index (χ1n) is 7.33. The van der Waals surface area contributed by atoms with Crippen molar-refractivity contribution in [1.29, 1.82) is 0 Å². The minimum Gasteiger partial charge on any atom is -0.326 e. The van der Waals surface area contributed by atoms with Crippen molar-refractivity contribution < 1.29 is 14.5 Å². The molecule has 2 rings (SSSR count). The van der Waals surface area contributed by atoms with E-state index in [9.17, 15) is 19.7 Å². The molecule has 7 nitrogen and oxygen atoms in total. The van der Waals surface area contributed by atoms with Crippen molar-refractivity contribution in [2.24, 2.45) is 5.92 Å². The summed E-state index contributed by atoms with van der Waals surface area (Å²) in [6.07, 6.45) is 0. The van der Waals surface area contributed by atoms with Gasteiger partial charge in [0.25, 0.3) is 11.6 Å². The van der Waals surface area contributed by atoms with Gasteiger partial charge in [-0.25, -0.2) is 0 Å². The fourth-order valence-corrected chi connectivity index (χ4v) is 1.90. The van der Waals surface area contributed by atoms with Crippen molar-refractivity contribution in [3.05, 3.63) is 64.2 Å². The van der Waals surface area contributed by atoms with E-state index in [4.69, 9.17) is 0 Å². The number of rotatable bonds is 5. The fourth-order valence-electron chi connectivity index (χ4n) is 1.90. The SMILES string of the molecule is CC(C)C(=O)Nc1cccc(NC(=O)c2ccc([N+](=O)[O-])cc2)c1.